The van der Waals surface area contributed by atoms with Crippen molar-refractivity contribution < 1.29 is 4.79 Å². The van der Waals surface area contributed by atoms with Gasteiger partial charge in [0.15, 0.2) is 5.82 Å². The number of carbonyl (C=O) groups is 1. The van der Waals surface area contributed by atoms with Crippen LogP contribution in [0.2, 0.25) is 0 Å². The van der Waals surface area contributed by atoms with Crippen LogP contribution in [0.5, 0.6) is 0 Å². The van der Waals surface area contributed by atoms with Crippen molar-refractivity contribution in [1.82, 2.24) is 19.4 Å². The van der Waals surface area contributed by atoms with Crippen molar-refractivity contribution in [3.8, 4) is 0 Å². The summed E-state index contributed by atoms with van der Waals surface area (Å²) >= 11 is 3.26. The molecular weight excluding hydrogens is 400 g/mol. The lowest BCUT2D eigenvalue weighted by molar-refractivity contribution is 0.0665. The molecule has 0 radical (unpaired) electrons. The Morgan fingerprint density at radius 3 is 2.58 bits per heavy atom. The number of benzene rings is 1. The van der Waals surface area contributed by atoms with Gasteiger partial charge in [0, 0.05) is 50.8 Å². The van der Waals surface area contributed by atoms with Crippen molar-refractivity contribution in [3.63, 3.8) is 0 Å². The molecule has 0 saturated carbocycles. The molecule has 1 aromatic heterocycles. The second-order valence-corrected chi connectivity index (χ2v) is 7.16. The normalized spacial score (nSPS) is 15.1. The predicted molar refractivity (Wildman–Crippen MR) is 105 cm³/mol. The maximum Gasteiger partial charge on any atom is 0.293 e. The second kappa shape index (κ2) is 7.46. The number of piperazine rings is 1. The fourth-order valence-corrected chi connectivity index (χ4v) is 3.29. The van der Waals surface area contributed by atoms with Gasteiger partial charge in [0.1, 0.15) is 4.60 Å². The molecule has 26 heavy (non-hydrogen) atoms. The highest BCUT2D eigenvalue weighted by molar-refractivity contribution is 9.10. The van der Waals surface area contributed by atoms with E-state index in [1.807, 2.05) is 11.9 Å². The minimum absolute atomic E-state index is 0.0707. The van der Waals surface area contributed by atoms with Crippen LogP contribution < -0.4 is 16.6 Å². The molecule has 1 amide bonds. The summed E-state index contributed by atoms with van der Waals surface area (Å²) in [6.07, 6.45) is 1.58. The smallest absolute Gasteiger partial charge is 0.293 e. The van der Waals surface area contributed by atoms with Gasteiger partial charge in [-0.05, 0) is 41.2 Å². The molecule has 138 valence electrons. The third-order valence-electron chi connectivity index (χ3n) is 4.38. The number of aromatic nitrogens is 2. The first-order valence-electron chi connectivity index (χ1n) is 8.22. The maximum absolute atomic E-state index is 12.7. The summed E-state index contributed by atoms with van der Waals surface area (Å²) in [7, 11) is 3.68. The van der Waals surface area contributed by atoms with Crippen molar-refractivity contribution in [2.75, 3.05) is 44.3 Å². The first-order chi connectivity index (χ1) is 12.3. The fraction of sp³-hybridized carbons (Fsp3) is 0.353. The molecule has 0 unspecified atom stereocenters. The summed E-state index contributed by atoms with van der Waals surface area (Å²) in [5.41, 5.74) is 7.27. The Morgan fingerprint density at radius 1 is 1.23 bits per heavy atom. The van der Waals surface area contributed by atoms with E-state index in [-0.39, 0.29) is 17.3 Å². The number of aryl methyl sites for hydroxylation is 1. The van der Waals surface area contributed by atoms with E-state index in [0.29, 0.717) is 34.6 Å². The topological polar surface area (TPSA) is 96.5 Å². The number of nitrogens with two attached hydrogens (primary N) is 1. The number of halogens is 1. The first-order valence-corrected chi connectivity index (χ1v) is 9.02. The van der Waals surface area contributed by atoms with Gasteiger partial charge in [-0.2, -0.15) is 0 Å². The van der Waals surface area contributed by atoms with E-state index in [1.165, 1.54) is 4.57 Å². The molecule has 0 bridgehead atoms. The molecule has 9 heteroatoms. The number of nitrogens with zero attached hydrogens (tertiary/aromatic N) is 4. The van der Waals surface area contributed by atoms with E-state index >= 15 is 0 Å². The van der Waals surface area contributed by atoms with Gasteiger partial charge >= 0.3 is 0 Å². The standard InChI is InChI=1S/C17H21BrN6O2/c1-22-5-7-24(8-6-22)16(25)12-4-3-11(9-13(12)19)20-15-17(26)23(2)10-14(18)21-15/h3-4,9-10H,5-8,19H2,1-2H3,(H,20,21). The lowest BCUT2D eigenvalue weighted by Gasteiger charge is -2.32. The zero-order valence-corrected chi connectivity index (χ0v) is 16.3. The lowest BCUT2D eigenvalue weighted by atomic mass is 10.1. The van der Waals surface area contributed by atoms with Crippen molar-refractivity contribution in [2.45, 2.75) is 0 Å². The monoisotopic (exact) mass is 420 g/mol. The Labute approximate surface area is 159 Å². The molecule has 0 aliphatic carbocycles. The summed E-state index contributed by atoms with van der Waals surface area (Å²) in [6, 6.07) is 5.05. The average Bonchev–Trinajstić information content (AvgIpc) is 2.59. The Hall–Kier alpha value is -2.39. The van der Waals surface area contributed by atoms with Crippen LogP contribution in [0.3, 0.4) is 0 Å². The minimum Gasteiger partial charge on any atom is -0.398 e. The molecule has 0 atom stereocenters. The summed E-state index contributed by atoms with van der Waals surface area (Å²) in [4.78, 5) is 33.0. The third-order valence-corrected chi connectivity index (χ3v) is 4.76. The van der Waals surface area contributed by atoms with E-state index in [9.17, 15) is 9.59 Å². The molecule has 1 saturated heterocycles. The summed E-state index contributed by atoms with van der Waals surface area (Å²) in [5, 5.41) is 2.96. The van der Waals surface area contributed by atoms with Crippen molar-refractivity contribution in [2.24, 2.45) is 7.05 Å². The number of likely N-dealkylation sites (N-methyl/N-ethyl adjacent to an activating group) is 1. The Kier molecular flexibility index (Phi) is 5.28. The third kappa shape index (κ3) is 3.88. The second-order valence-electron chi connectivity index (χ2n) is 6.35. The molecule has 1 aromatic carbocycles. The fourth-order valence-electron chi connectivity index (χ4n) is 2.80. The van der Waals surface area contributed by atoms with Crippen LogP contribution in [0.15, 0.2) is 33.8 Å². The minimum atomic E-state index is -0.260. The van der Waals surface area contributed by atoms with E-state index in [0.717, 1.165) is 13.1 Å². The predicted octanol–water partition coefficient (Wildman–Crippen LogP) is 1.26. The summed E-state index contributed by atoms with van der Waals surface area (Å²) in [6.45, 7) is 3.08. The van der Waals surface area contributed by atoms with Crippen LogP contribution in [0.25, 0.3) is 0 Å². The molecule has 2 heterocycles. The molecule has 3 rings (SSSR count). The Morgan fingerprint density at radius 2 is 1.92 bits per heavy atom. The Bertz CT molecular complexity index is 889. The van der Waals surface area contributed by atoms with Crippen molar-refractivity contribution in [3.05, 3.63) is 44.9 Å². The number of nitrogens with one attached hydrogen (secondary N) is 1. The van der Waals surface area contributed by atoms with Gasteiger partial charge in [0.2, 0.25) is 0 Å². The van der Waals surface area contributed by atoms with Gasteiger partial charge in [-0.3, -0.25) is 9.59 Å². The molecule has 3 N–H and O–H groups in total. The van der Waals surface area contributed by atoms with Crippen LogP contribution in [0.1, 0.15) is 10.4 Å². The number of carbonyl (C=O) groups excluding carboxylic acids is 1. The zero-order valence-electron chi connectivity index (χ0n) is 14.7. The highest BCUT2D eigenvalue weighted by atomic mass is 79.9. The molecule has 0 spiro atoms. The summed E-state index contributed by atoms with van der Waals surface area (Å²) < 4.78 is 1.96. The van der Waals surface area contributed by atoms with Crippen LogP contribution in [0.4, 0.5) is 17.2 Å². The number of anilines is 3. The van der Waals surface area contributed by atoms with E-state index in [1.54, 1.807) is 31.4 Å². The molecule has 1 fully saturated rings. The number of hydrogen-bond acceptors (Lipinski definition) is 6. The van der Waals surface area contributed by atoms with E-state index in [2.05, 4.69) is 31.1 Å². The maximum atomic E-state index is 12.7. The van der Waals surface area contributed by atoms with Crippen LogP contribution in [-0.4, -0.2) is 58.5 Å². The zero-order chi connectivity index (χ0) is 18.8. The van der Waals surface area contributed by atoms with E-state index < -0.39 is 0 Å². The summed E-state index contributed by atoms with van der Waals surface area (Å²) in [5.74, 6) is 0.109. The lowest BCUT2D eigenvalue weighted by Crippen LogP contribution is -2.47. The molecule has 2 aromatic rings. The highest BCUT2D eigenvalue weighted by Gasteiger charge is 2.22. The average molecular weight is 421 g/mol. The van der Waals surface area contributed by atoms with Gasteiger partial charge in [-0.15, -0.1) is 0 Å². The number of rotatable bonds is 3. The molecule has 1 aliphatic heterocycles. The molecule has 8 nitrogen and oxygen atoms in total. The van der Waals surface area contributed by atoms with Crippen LogP contribution in [0, 0.1) is 0 Å². The number of nitrogen functional groups attached to an aromatic ring is 1. The SMILES string of the molecule is CN1CCN(C(=O)c2ccc(Nc3nc(Br)cn(C)c3=O)cc2N)CC1. The van der Waals surface area contributed by atoms with Gasteiger partial charge in [0.25, 0.3) is 11.5 Å². The quantitative estimate of drug-likeness (QED) is 0.725. The Balaban J connectivity index is 1.80. The first kappa shape index (κ1) is 18.4. The number of hydrogen-bond donors (Lipinski definition) is 2. The van der Waals surface area contributed by atoms with Gasteiger partial charge in [-0.25, -0.2) is 4.98 Å². The van der Waals surface area contributed by atoms with Gasteiger partial charge in [0.05, 0.1) is 5.56 Å². The molecular formula is C17H21BrN6O2. The largest absolute Gasteiger partial charge is 0.398 e. The van der Waals surface area contributed by atoms with E-state index in [4.69, 9.17) is 5.73 Å². The number of amides is 1. The van der Waals surface area contributed by atoms with Crippen molar-refractivity contribution in [1.29, 1.82) is 0 Å². The van der Waals surface area contributed by atoms with Crippen LogP contribution >= 0.6 is 15.9 Å². The van der Waals surface area contributed by atoms with Crippen molar-refractivity contribution >= 4 is 39.0 Å². The van der Waals surface area contributed by atoms with Crippen LogP contribution in [-0.2, 0) is 7.05 Å². The van der Waals surface area contributed by atoms with Gasteiger partial charge in [-0.1, -0.05) is 0 Å². The van der Waals surface area contributed by atoms with Gasteiger partial charge < -0.3 is 25.4 Å². The highest BCUT2D eigenvalue weighted by Crippen LogP contribution is 2.22. The molecule has 1 aliphatic rings.